The van der Waals surface area contributed by atoms with E-state index in [-0.39, 0.29) is 6.04 Å². The first kappa shape index (κ1) is 14.9. The molecule has 0 unspecified atom stereocenters. The van der Waals surface area contributed by atoms with Crippen molar-refractivity contribution in [3.63, 3.8) is 0 Å². The fourth-order valence-electron chi connectivity index (χ4n) is 2.28. The maximum Gasteiger partial charge on any atom is 0.274 e. The second kappa shape index (κ2) is 6.81. The van der Waals surface area contributed by atoms with Gasteiger partial charge in [-0.05, 0) is 31.0 Å². The molecule has 20 heavy (non-hydrogen) atoms. The molecule has 0 spiro atoms. The highest BCUT2D eigenvalue weighted by Gasteiger charge is 2.17. The second-order valence-corrected chi connectivity index (χ2v) is 5.61. The molecule has 0 aromatic heterocycles. The lowest BCUT2D eigenvalue weighted by molar-refractivity contribution is -0.403. The summed E-state index contributed by atoms with van der Waals surface area (Å²) in [6, 6.07) is 5.20. The van der Waals surface area contributed by atoms with E-state index >= 15 is 0 Å². The lowest BCUT2D eigenvalue weighted by atomic mass is 10.2. The molecule has 0 amide bonds. The van der Waals surface area contributed by atoms with Crippen LogP contribution in [0.3, 0.4) is 0 Å². The largest absolute Gasteiger partial charge is 0.364 e. The average molecular weight is 316 g/mol. The number of nitrogens with one attached hydrogen (secondary N) is 2. The van der Waals surface area contributed by atoms with E-state index in [1.54, 1.807) is 18.2 Å². The standard InChI is InChI=1S/C13H15Cl2N3O2/c14-9-5-10(15)7-12(6-9)17-13(8-18(19)20)16-11-3-1-2-4-11/h5-8,11,16-17H,1-4H2/b13-8+. The molecule has 0 saturated heterocycles. The van der Waals surface area contributed by atoms with E-state index in [4.69, 9.17) is 23.2 Å². The average Bonchev–Trinajstić information content (AvgIpc) is 2.79. The number of halogens is 2. The minimum atomic E-state index is -0.490. The number of benzene rings is 1. The van der Waals surface area contributed by atoms with Crippen LogP contribution in [0.25, 0.3) is 0 Å². The van der Waals surface area contributed by atoms with E-state index in [1.165, 1.54) is 0 Å². The van der Waals surface area contributed by atoms with E-state index in [1.807, 2.05) is 0 Å². The Morgan fingerprint density at radius 1 is 1.25 bits per heavy atom. The molecule has 1 aromatic carbocycles. The number of anilines is 1. The predicted molar refractivity (Wildman–Crippen MR) is 80.6 cm³/mol. The zero-order valence-corrected chi connectivity index (χ0v) is 12.2. The summed E-state index contributed by atoms with van der Waals surface area (Å²) < 4.78 is 0. The summed E-state index contributed by atoms with van der Waals surface area (Å²) in [6.07, 6.45) is 5.26. The Kier molecular flexibility index (Phi) is 5.09. The van der Waals surface area contributed by atoms with Crippen LogP contribution in [-0.4, -0.2) is 11.0 Å². The summed E-state index contributed by atoms with van der Waals surface area (Å²) in [7, 11) is 0. The smallest absolute Gasteiger partial charge is 0.274 e. The number of rotatable bonds is 5. The summed E-state index contributed by atoms with van der Waals surface area (Å²) >= 11 is 11.8. The molecule has 5 nitrogen and oxygen atoms in total. The van der Waals surface area contributed by atoms with Gasteiger partial charge in [-0.2, -0.15) is 0 Å². The minimum absolute atomic E-state index is 0.267. The predicted octanol–water partition coefficient (Wildman–Crippen LogP) is 4.01. The zero-order chi connectivity index (χ0) is 14.5. The normalized spacial score (nSPS) is 16.2. The van der Waals surface area contributed by atoms with Gasteiger partial charge in [0.15, 0.2) is 5.82 Å². The Morgan fingerprint density at radius 3 is 2.40 bits per heavy atom. The third-order valence-corrected chi connectivity index (χ3v) is 3.53. The van der Waals surface area contributed by atoms with Gasteiger partial charge in [0.2, 0.25) is 0 Å². The topological polar surface area (TPSA) is 67.2 Å². The third-order valence-electron chi connectivity index (χ3n) is 3.09. The first-order valence-electron chi connectivity index (χ1n) is 6.38. The van der Waals surface area contributed by atoms with E-state index in [0.29, 0.717) is 21.6 Å². The number of hydrogen-bond acceptors (Lipinski definition) is 4. The van der Waals surface area contributed by atoms with Crippen LogP contribution in [-0.2, 0) is 0 Å². The first-order chi connectivity index (χ1) is 9.52. The fourth-order valence-corrected chi connectivity index (χ4v) is 2.81. The molecule has 0 heterocycles. The Morgan fingerprint density at radius 2 is 1.85 bits per heavy atom. The molecule has 1 fully saturated rings. The molecule has 0 aliphatic heterocycles. The van der Waals surface area contributed by atoms with E-state index < -0.39 is 4.92 Å². The van der Waals surface area contributed by atoms with Crippen molar-refractivity contribution >= 4 is 28.9 Å². The number of nitro groups is 1. The van der Waals surface area contributed by atoms with Crippen molar-refractivity contribution in [3.8, 4) is 0 Å². The molecule has 2 N–H and O–H groups in total. The summed E-state index contributed by atoms with van der Waals surface area (Å²) in [5, 5.41) is 17.8. The third kappa shape index (κ3) is 4.58. The van der Waals surface area contributed by atoms with Gasteiger partial charge in [-0.25, -0.2) is 0 Å². The van der Waals surface area contributed by atoms with Gasteiger partial charge in [-0.1, -0.05) is 36.0 Å². The van der Waals surface area contributed by atoms with Crippen LogP contribution in [0.15, 0.2) is 30.2 Å². The lowest BCUT2D eigenvalue weighted by Crippen LogP contribution is -2.29. The molecule has 1 aliphatic rings. The molecule has 0 radical (unpaired) electrons. The fraction of sp³-hybridized carbons (Fsp3) is 0.385. The molecule has 7 heteroatoms. The Labute approximate surface area is 127 Å². The van der Waals surface area contributed by atoms with Crippen LogP contribution in [0.5, 0.6) is 0 Å². The van der Waals surface area contributed by atoms with Gasteiger partial charge < -0.3 is 10.6 Å². The number of hydrogen-bond donors (Lipinski definition) is 2. The van der Waals surface area contributed by atoms with Gasteiger partial charge in [0, 0.05) is 21.8 Å². The van der Waals surface area contributed by atoms with Crippen LogP contribution >= 0.6 is 23.2 Å². The highest BCUT2D eigenvalue weighted by molar-refractivity contribution is 6.35. The molecule has 0 bridgehead atoms. The van der Waals surface area contributed by atoms with Gasteiger partial charge in [0.1, 0.15) is 0 Å². The van der Waals surface area contributed by atoms with Crippen LogP contribution in [0, 0.1) is 10.1 Å². The minimum Gasteiger partial charge on any atom is -0.364 e. The van der Waals surface area contributed by atoms with Crippen molar-refractivity contribution in [1.29, 1.82) is 0 Å². The molecule has 108 valence electrons. The zero-order valence-electron chi connectivity index (χ0n) is 10.7. The van der Waals surface area contributed by atoms with Gasteiger partial charge in [-0.3, -0.25) is 10.1 Å². The summed E-state index contributed by atoms with van der Waals surface area (Å²) in [4.78, 5) is 10.2. The van der Waals surface area contributed by atoms with Gasteiger partial charge in [0.25, 0.3) is 6.20 Å². The summed E-state index contributed by atoms with van der Waals surface area (Å²) in [5.41, 5.74) is 0.612. The van der Waals surface area contributed by atoms with Gasteiger partial charge in [0.05, 0.1) is 4.92 Å². The number of nitrogens with zero attached hydrogens (tertiary/aromatic N) is 1. The van der Waals surface area contributed by atoms with Crippen molar-refractivity contribution < 1.29 is 4.92 Å². The molecular weight excluding hydrogens is 301 g/mol. The monoisotopic (exact) mass is 315 g/mol. The lowest BCUT2D eigenvalue weighted by Gasteiger charge is -2.16. The van der Waals surface area contributed by atoms with Crippen molar-refractivity contribution in [3.05, 3.63) is 50.4 Å². The summed E-state index contributed by atoms with van der Waals surface area (Å²) in [6.45, 7) is 0. The summed E-state index contributed by atoms with van der Waals surface area (Å²) in [5.74, 6) is 0.347. The second-order valence-electron chi connectivity index (χ2n) is 4.74. The van der Waals surface area contributed by atoms with Crippen LogP contribution < -0.4 is 10.6 Å². The molecule has 1 aromatic rings. The van der Waals surface area contributed by atoms with Gasteiger partial charge in [-0.15, -0.1) is 0 Å². The maximum atomic E-state index is 10.7. The molecular formula is C13H15Cl2N3O2. The first-order valence-corrected chi connectivity index (χ1v) is 7.13. The van der Waals surface area contributed by atoms with Crippen molar-refractivity contribution in [1.82, 2.24) is 5.32 Å². The van der Waals surface area contributed by atoms with Crippen molar-refractivity contribution in [2.24, 2.45) is 0 Å². The van der Waals surface area contributed by atoms with E-state index in [2.05, 4.69) is 10.6 Å². The molecule has 1 saturated carbocycles. The SMILES string of the molecule is O=[N+]([O-])/C=C(/Nc1cc(Cl)cc(Cl)c1)NC1CCCC1. The Hall–Kier alpha value is -1.46. The highest BCUT2D eigenvalue weighted by Crippen LogP contribution is 2.24. The van der Waals surface area contributed by atoms with Crippen molar-refractivity contribution in [2.45, 2.75) is 31.7 Å². The maximum absolute atomic E-state index is 10.7. The molecule has 1 aliphatic carbocycles. The van der Waals surface area contributed by atoms with Gasteiger partial charge >= 0.3 is 0 Å². The Bertz CT molecular complexity index is 508. The van der Waals surface area contributed by atoms with E-state index in [9.17, 15) is 10.1 Å². The highest BCUT2D eigenvalue weighted by atomic mass is 35.5. The quantitative estimate of drug-likeness (QED) is 0.636. The van der Waals surface area contributed by atoms with Crippen LogP contribution in [0.2, 0.25) is 10.0 Å². The van der Waals surface area contributed by atoms with E-state index in [0.717, 1.165) is 31.9 Å². The van der Waals surface area contributed by atoms with Crippen molar-refractivity contribution in [2.75, 3.05) is 5.32 Å². The van der Waals surface area contributed by atoms with Crippen LogP contribution in [0.4, 0.5) is 5.69 Å². The van der Waals surface area contributed by atoms with Crippen LogP contribution in [0.1, 0.15) is 25.7 Å². The Balaban J connectivity index is 2.12. The molecule has 2 rings (SSSR count). The molecule has 0 atom stereocenters.